The van der Waals surface area contributed by atoms with E-state index >= 15 is 0 Å². The van der Waals surface area contributed by atoms with Crippen LogP contribution in [0.3, 0.4) is 0 Å². The number of hydrogen-bond donors (Lipinski definition) is 1. The molecule has 0 atom stereocenters. The third kappa shape index (κ3) is 4.97. The van der Waals surface area contributed by atoms with Crippen LogP contribution in [-0.4, -0.2) is 35.6 Å². The third-order valence-electron chi connectivity index (χ3n) is 3.80. The minimum Gasteiger partial charge on any atom is -0.309 e. The molecule has 102 valence electrons. The molecule has 17 heavy (non-hydrogen) atoms. The van der Waals surface area contributed by atoms with Crippen molar-refractivity contribution < 1.29 is 0 Å². The molecule has 0 bridgehead atoms. The summed E-state index contributed by atoms with van der Waals surface area (Å²) >= 11 is 0. The molecule has 1 fully saturated rings. The summed E-state index contributed by atoms with van der Waals surface area (Å²) in [6, 6.07) is 0. The second-order valence-electron chi connectivity index (χ2n) is 8.14. The van der Waals surface area contributed by atoms with E-state index in [4.69, 9.17) is 0 Å². The van der Waals surface area contributed by atoms with Crippen LogP contribution in [0.2, 0.25) is 0 Å². The van der Waals surface area contributed by atoms with Crippen molar-refractivity contribution in [2.75, 3.05) is 19.6 Å². The first kappa shape index (κ1) is 15.0. The minimum atomic E-state index is 0.261. The fraction of sp³-hybridized carbons (Fsp3) is 1.00. The Balaban J connectivity index is 2.49. The Hall–Kier alpha value is -0.0800. The van der Waals surface area contributed by atoms with Crippen molar-refractivity contribution in [3.8, 4) is 0 Å². The van der Waals surface area contributed by atoms with Crippen molar-refractivity contribution in [3.63, 3.8) is 0 Å². The second kappa shape index (κ2) is 4.89. The van der Waals surface area contributed by atoms with Gasteiger partial charge in [0.15, 0.2) is 0 Å². The van der Waals surface area contributed by atoms with Gasteiger partial charge < -0.3 is 5.32 Å². The molecule has 0 unspecified atom stereocenters. The predicted molar refractivity (Wildman–Crippen MR) is 76.4 cm³/mol. The first-order valence-corrected chi connectivity index (χ1v) is 7.02. The highest BCUT2D eigenvalue weighted by atomic mass is 15.3. The van der Waals surface area contributed by atoms with Gasteiger partial charge in [0.25, 0.3) is 0 Å². The van der Waals surface area contributed by atoms with E-state index in [1.54, 1.807) is 0 Å². The van der Waals surface area contributed by atoms with Crippen LogP contribution in [0.5, 0.6) is 0 Å². The maximum absolute atomic E-state index is 3.64. The van der Waals surface area contributed by atoms with Crippen molar-refractivity contribution >= 4 is 0 Å². The van der Waals surface area contributed by atoms with Gasteiger partial charge in [-0.3, -0.25) is 4.90 Å². The van der Waals surface area contributed by atoms with Crippen molar-refractivity contribution in [3.05, 3.63) is 0 Å². The molecule has 1 saturated heterocycles. The molecule has 1 rings (SSSR count). The Labute approximate surface area is 108 Å². The van der Waals surface area contributed by atoms with E-state index in [0.29, 0.717) is 11.0 Å². The van der Waals surface area contributed by atoms with Crippen LogP contribution in [-0.2, 0) is 0 Å². The molecule has 0 aromatic carbocycles. The van der Waals surface area contributed by atoms with Gasteiger partial charge in [-0.2, -0.15) is 0 Å². The summed E-state index contributed by atoms with van der Waals surface area (Å²) in [4.78, 5) is 2.66. The average Bonchev–Trinajstić information content (AvgIpc) is 2.10. The Morgan fingerprint density at radius 3 is 2.24 bits per heavy atom. The summed E-state index contributed by atoms with van der Waals surface area (Å²) in [5, 5.41) is 3.64. The van der Waals surface area contributed by atoms with E-state index in [0.717, 1.165) is 13.1 Å². The van der Waals surface area contributed by atoms with Gasteiger partial charge >= 0.3 is 0 Å². The molecule has 1 N–H and O–H groups in total. The van der Waals surface area contributed by atoms with Crippen LogP contribution in [0.4, 0.5) is 0 Å². The zero-order chi connectivity index (χ0) is 13.3. The summed E-state index contributed by atoms with van der Waals surface area (Å²) in [5.74, 6) is 0. The SMILES string of the molecule is CC(C)(C)CCCN1CC(C)(C)NCC1(C)C. The Bertz CT molecular complexity index is 248. The topological polar surface area (TPSA) is 15.3 Å². The monoisotopic (exact) mass is 240 g/mol. The van der Waals surface area contributed by atoms with Gasteiger partial charge in [-0.05, 0) is 52.5 Å². The highest BCUT2D eigenvalue weighted by Crippen LogP contribution is 2.26. The van der Waals surface area contributed by atoms with Gasteiger partial charge in [-0.25, -0.2) is 0 Å². The maximum Gasteiger partial charge on any atom is 0.0278 e. The van der Waals surface area contributed by atoms with Gasteiger partial charge in [0.2, 0.25) is 0 Å². The zero-order valence-corrected chi connectivity index (χ0v) is 13.0. The molecule has 0 saturated carbocycles. The standard InChI is InChI=1S/C15H32N2/c1-13(2,3)9-8-10-17-12-14(4,5)16-11-15(17,6)7/h16H,8-12H2,1-7H3. The predicted octanol–water partition coefficient (Wildman–Crippen LogP) is 3.28. The highest BCUT2D eigenvalue weighted by molar-refractivity contribution is 4.97. The lowest BCUT2D eigenvalue weighted by Crippen LogP contribution is -2.66. The number of nitrogens with zero attached hydrogens (tertiary/aromatic N) is 1. The van der Waals surface area contributed by atoms with Crippen LogP contribution in [0, 0.1) is 5.41 Å². The second-order valence-corrected chi connectivity index (χ2v) is 8.14. The Morgan fingerprint density at radius 1 is 1.12 bits per heavy atom. The lowest BCUT2D eigenvalue weighted by Gasteiger charge is -2.50. The molecule has 0 spiro atoms. The van der Waals surface area contributed by atoms with E-state index in [9.17, 15) is 0 Å². The fourth-order valence-corrected chi connectivity index (χ4v) is 2.50. The number of hydrogen-bond acceptors (Lipinski definition) is 2. The lowest BCUT2D eigenvalue weighted by atomic mass is 9.88. The highest BCUT2D eigenvalue weighted by Gasteiger charge is 2.37. The molecular formula is C15H32N2. The largest absolute Gasteiger partial charge is 0.309 e. The lowest BCUT2D eigenvalue weighted by molar-refractivity contribution is 0.0360. The van der Waals surface area contributed by atoms with Crippen LogP contribution in [0.25, 0.3) is 0 Å². The molecule has 1 heterocycles. The Morgan fingerprint density at radius 2 is 1.71 bits per heavy atom. The smallest absolute Gasteiger partial charge is 0.0278 e. The summed E-state index contributed by atoms with van der Waals surface area (Å²) in [6.07, 6.45) is 2.62. The van der Waals surface area contributed by atoms with Crippen molar-refractivity contribution in [1.82, 2.24) is 10.2 Å². The van der Waals surface area contributed by atoms with Gasteiger partial charge in [0, 0.05) is 24.2 Å². The summed E-state index contributed by atoms with van der Waals surface area (Å²) in [5.41, 5.74) is 1.03. The van der Waals surface area contributed by atoms with Crippen LogP contribution in [0.15, 0.2) is 0 Å². The summed E-state index contributed by atoms with van der Waals surface area (Å²) in [6.45, 7) is 19.8. The molecular weight excluding hydrogens is 208 g/mol. The van der Waals surface area contributed by atoms with Crippen LogP contribution >= 0.6 is 0 Å². The quantitative estimate of drug-likeness (QED) is 0.814. The molecule has 2 heteroatoms. The van der Waals surface area contributed by atoms with Gasteiger partial charge in [-0.15, -0.1) is 0 Å². The van der Waals surface area contributed by atoms with E-state index in [2.05, 4.69) is 58.7 Å². The van der Waals surface area contributed by atoms with Gasteiger partial charge in [0.1, 0.15) is 0 Å². The number of nitrogens with one attached hydrogen (secondary N) is 1. The summed E-state index contributed by atoms with van der Waals surface area (Å²) in [7, 11) is 0. The average molecular weight is 240 g/mol. The van der Waals surface area contributed by atoms with E-state index in [1.165, 1.54) is 19.4 Å². The first-order valence-electron chi connectivity index (χ1n) is 7.02. The molecule has 0 amide bonds. The molecule has 0 aliphatic carbocycles. The first-order chi connectivity index (χ1) is 7.52. The number of piperazine rings is 1. The summed E-state index contributed by atoms with van der Waals surface area (Å²) < 4.78 is 0. The van der Waals surface area contributed by atoms with E-state index < -0.39 is 0 Å². The van der Waals surface area contributed by atoms with Crippen LogP contribution < -0.4 is 5.32 Å². The van der Waals surface area contributed by atoms with Crippen molar-refractivity contribution in [2.45, 2.75) is 72.4 Å². The van der Waals surface area contributed by atoms with Gasteiger partial charge in [-0.1, -0.05) is 20.8 Å². The minimum absolute atomic E-state index is 0.261. The molecule has 1 aliphatic heterocycles. The molecule has 0 aromatic heterocycles. The molecule has 0 radical (unpaired) electrons. The van der Waals surface area contributed by atoms with E-state index in [-0.39, 0.29) is 5.54 Å². The molecule has 2 nitrogen and oxygen atoms in total. The maximum atomic E-state index is 3.64. The molecule has 0 aromatic rings. The fourth-order valence-electron chi connectivity index (χ4n) is 2.50. The zero-order valence-electron chi connectivity index (χ0n) is 13.0. The van der Waals surface area contributed by atoms with Crippen molar-refractivity contribution in [2.24, 2.45) is 5.41 Å². The van der Waals surface area contributed by atoms with E-state index in [1.807, 2.05) is 0 Å². The van der Waals surface area contributed by atoms with Crippen LogP contribution in [0.1, 0.15) is 61.3 Å². The number of rotatable bonds is 3. The third-order valence-corrected chi connectivity index (χ3v) is 3.80. The van der Waals surface area contributed by atoms with Gasteiger partial charge in [0.05, 0.1) is 0 Å². The molecule has 1 aliphatic rings. The normalized spacial score (nSPS) is 24.9. The van der Waals surface area contributed by atoms with Crippen molar-refractivity contribution in [1.29, 1.82) is 0 Å². The Kier molecular flexibility index (Phi) is 4.31.